The van der Waals surface area contributed by atoms with Crippen molar-refractivity contribution in [3.63, 3.8) is 0 Å². The van der Waals surface area contributed by atoms with E-state index in [9.17, 15) is 9.18 Å². The molecule has 0 aliphatic carbocycles. The molecule has 0 bridgehead atoms. The monoisotopic (exact) mass is 238 g/mol. The minimum absolute atomic E-state index is 0.146. The highest BCUT2D eigenvalue weighted by Gasteiger charge is 2.16. The molecule has 1 heterocycles. The van der Waals surface area contributed by atoms with Gasteiger partial charge in [-0.1, -0.05) is 0 Å². The Morgan fingerprint density at radius 3 is 2.82 bits per heavy atom. The van der Waals surface area contributed by atoms with E-state index in [1.54, 1.807) is 0 Å². The van der Waals surface area contributed by atoms with Gasteiger partial charge in [0.05, 0.1) is 0 Å². The lowest BCUT2D eigenvalue weighted by Gasteiger charge is -2.03. The first-order valence-corrected chi connectivity index (χ1v) is 4.46. The molecule has 0 aliphatic rings. The molecule has 17 heavy (non-hydrogen) atoms. The standard InChI is InChI=1S/C9H7FN4O3/c10-5-3-4(1-2-6(5)15)12-9(16)7-8(11)14-17-13-7/h1-3,15H,(H2,11,14)(H,12,16). The van der Waals surface area contributed by atoms with Gasteiger partial charge in [0.1, 0.15) is 0 Å². The largest absolute Gasteiger partial charge is 0.505 e. The molecule has 0 aliphatic heterocycles. The van der Waals surface area contributed by atoms with Crippen LogP contribution in [0.1, 0.15) is 10.5 Å². The van der Waals surface area contributed by atoms with Crippen LogP contribution in [0.4, 0.5) is 15.9 Å². The average molecular weight is 238 g/mol. The lowest BCUT2D eigenvalue weighted by molar-refractivity contribution is 0.101. The van der Waals surface area contributed by atoms with Crippen molar-refractivity contribution in [2.75, 3.05) is 11.1 Å². The average Bonchev–Trinajstić information content (AvgIpc) is 2.70. The number of nitrogens with one attached hydrogen (secondary N) is 1. The van der Waals surface area contributed by atoms with Crippen molar-refractivity contribution in [1.82, 2.24) is 10.3 Å². The van der Waals surface area contributed by atoms with Crippen molar-refractivity contribution in [1.29, 1.82) is 0 Å². The van der Waals surface area contributed by atoms with Crippen molar-refractivity contribution >= 4 is 17.4 Å². The van der Waals surface area contributed by atoms with Gasteiger partial charge in [-0.15, -0.1) is 0 Å². The van der Waals surface area contributed by atoms with E-state index in [0.29, 0.717) is 0 Å². The van der Waals surface area contributed by atoms with Crippen molar-refractivity contribution in [3.8, 4) is 5.75 Å². The van der Waals surface area contributed by atoms with Gasteiger partial charge >= 0.3 is 0 Å². The molecule has 1 aromatic carbocycles. The second kappa shape index (κ2) is 4.08. The maximum Gasteiger partial charge on any atom is 0.281 e. The number of aromatic hydroxyl groups is 1. The minimum Gasteiger partial charge on any atom is -0.505 e. The number of phenols is 1. The minimum atomic E-state index is -0.853. The van der Waals surface area contributed by atoms with Crippen LogP contribution in [0.2, 0.25) is 0 Å². The Hall–Kier alpha value is -2.64. The predicted molar refractivity (Wildman–Crippen MR) is 54.7 cm³/mol. The Labute approximate surface area is 94.0 Å². The molecular weight excluding hydrogens is 231 g/mol. The summed E-state index contributed by atoms with van der Waals surface area (Å²) in [6, 6.07) is 3.38. The second-order valence-electron chi connectivity index (χ2n) is 3.12. The molecule has 0 unspecified atom stereocenters. The Morgan fingerprint density at radius 2 is 2.24 bits per heavy atom. The zero-order valence-corrected chi connectivity index (χ0v) is 8.35. The van der Waals surface area contributed by atoms with Gasteiger partial charge in [0, 0.05) is 11.8 Å². The summed E-state index contributed by atoms with van der Waals surface area (Å²) in [4.78, 5) is 11.6. The maximum atomic E-state index is 13.0. The number of nitrogen functional groups attached to an aromatic ring is 1. The molecule has 0 radical (unpaired) electrons. The number of phenolic OH excluding ortho intramolecular Hbond substituents is 1. The van der Waals surface area contributed by atoms with Crippen LogP contribution in [0.15, 0.2) is 22.8 Å². The van der Waals surface area contributed by atoms with Crippen LogP contribution in [-0.2, 0) is 0 Å². The molecule has 88 valence electrons. The first kappa shape index (κ1) is 10.9. The highest BCUT2D eigenvalue weighted by Crippen LogP contribution is 2.20. The number of amides is 1. The van der Waals surface area contributed by atoms with Gasteiger partial charge in [0.15, 0.2) is 11.6 Å². The first-order valence-electron chi connectivity index (χ1n) is 4.46. The zero-order chi connectivity index (χ0) is 12.4. The molecule has 0 saturated carbocycles. The molecule has 0 saturated heterocycles. The van der Waals surface area contributed by atoms with E-state index in [0.717, 1.165) is 12.1 Å². The molecule has 0 atom stereocenters. The molecule has 7 nitrogen and oxygen atoms in total. The quantitative estimate of drug-likeness (QED) is 0.665. The van der Waals surface area contributed by atoms with Crippen LogP contribution in [-0.4, -0.2) is 21.3 Å². The van der Waals surface area contributed by atoms with Crippen molar-refractivity contribution in [3.05, 3.63) is 29.7 Å². The number of benzene rings is 1. The summed E-state index contributed by atoms with van der Waals surface area (Å²) in [5.41, 5.74) is 5.26. The van der Waals surface area contributed by atoms with Gasteiger partial charge in [-0.25, -0.2) is 9.02 Å². The van der Waals surface area contributed by atoms with Gasteiger partial charge in [0.25, 0.3) is 5.91 Å². The summed E-state index contributed by atoms with van der Waals surface area (Å²) in [7, 11) is 0. The van der Waals surface area contributed by atoms with E-state index in [1.165, 1.54) is 6.07 Å². The van der Waals surface area contributed by atoms with Gasteiger partial charge < -0.3 is 16.2 Å². The summed E-state index contributed by atoms with van der Waals surface area (Å²) < 4.78 is 17.2. The first-order chi connectivity index (χ1) is 8.08. The molecule has 2 rings (SSSR count). The van der Waals surface area contributed by atoms with Gasteiger partial charge in [-0.2, -0.15) is 0 Å². The number of hydrogen-bond acceptors (Lipinski definition) is 6. The van der Waals surface area contributed by atoms with Crippen LogP contribution in [0.5, 0.6) is 5.75 Å². The molecule has 8 heteroatoms. The molecule has 2 aromatic rings. The number of halogens is 1. The number of carbonyl (C=O) groups excluding carboxylic acids is 1. The summed E-state index contributed by atoms with van der Waals surface area (Å²) in [6.07, 6.45) is 0. The Bertz CT molecular complexity index is 569. The summed E-state index contributed by atoms with van der Waals surface area (Å²) in [5.74, 6) is -2.21. The molecule has 0 spiro atoms. The zero-order valence-electron chi connectivity index (χ0n) is 8.35. The molecule has 0 fully saturated rings. The number of nitrogens with two attached hydrogens (primary N) is 1. The fourth-order valence-corrected chi connectivity index (χ4v) is 1.13. The summed E-state index contributed by atoms with van der Waals surface area (Å²) in [6.45, 7) is 0. The van der Waals surface area contributed by atoms with E-state index >= 15 is 0 Å². The second-order valence-corrected chi connectivity index (χ2v) is 3.12. The number of hydrogen-bond donors (Lipinski definition) is 3. The van der Waals surface area contributed by atoms with Crippen LogP contribution in [0, 0.1) is 5.82 Å². The highest BCUT2D eigenvalue weighted by atomic mass is 19.1. The SMILES string of the molecule is Nc1nonc1C(=O)Nc1ccc(O)c(F)c1. The van der Waals surface area contributed by atoms with Crippen LogP contribution < -0.4 is 11.1 Å². The van der Waals surface area contributed by atoms with Gasteiger partial charge in [-0.05, 0) is 22.4 Å². The Kier molecular flexibility index (Phi) is 2.61. The fraction of sp³-hybridized carbons (Fsp3) is 0. The van der Waals surface area contributed by atoms with Gasteiger partial charge in [-0.3, -0.25) is 4.79 Å². The van der Waals surface area contributed by atoms with E-state index < -0.39 is 17.5 Å². The topological polar surface area (TPSA) is 114 Å². The maximum absolute atomic E-state index is 13.0. The van der Waals surface area contributed by atoms with Crippen LogP contribution in [0.3, 0.4) is 0 Å². The lowest BCUT2D eigenvalue weighted by Crippen LogP contribution is -2.14. The number of aromatic nitrogens is 2. The normalized spacial score (nSPS) is 10.2. The van der Waals surface area contributed by atoms with Crippen molar-refractivity contribution < 1.29 is 18.9 Å². The Balaban J connectivity index is 2.19. The molecule has 1 amide bonds. The third-order valence-electron chi connectivity index (χ3n) is 1.93. The molecule has 4 N–H and O–H groups in total. The van der Waals surface area contributed by atoms with E-state index in [-0.39, 0.29) is 17.2 Å². The van der Waals surface area contributed by atoms with E-state index in [4.69, 9.17) is 10.8 Å². The third kappa shape index (κ3) is 2.14. The highest BCUT2D eigenvalue weighted by molar-refractivity contribution is 6.05. The summed E-state index contributed by atoms with van der Waals surface area (Å²) in [5, 5.41) is 17.8. The van der Waals surface area contributed by atoms with Crippen molar-refractivity contribution in [2.24, 2.45) is 0 Å². The molecular formula is C9H7FN4O3. The van der Waals surface area contributed by atoms with Gasteiger partial charge in [0.2, 0.25) is 11.5 Å². The van der Waals surface area contributed by atoms with E-state index in [2.05, 4.69) is 20.3 Å². The fourth-order valence-electron chi connectivity index (χ4n) is 1.13. The number of carbonyl (C=O) groups is 1. The summed E-state index contributed by atoms with van der Waals surface area (Å²) >= 11 is 0. The molecule has 1 aromatic heterocycles. The number of nitrogens with zero attached hydrogens (tertiary/aromatic N) is 2. The number of rotatable bonds is 2. The predicted octanol–water partition coefficient (Wildman–Crippen LogP) is 0.749. The number of anilines is 2. The van der Waals surface area contributed by atoms with Crippen molar-refractivity contribution in [2.45, 2.75) is 0 Å². The Morgan fingerprint density at radius 1 is 1.47 bits per heavy atom. The lowest BCUT2D eigenvalue weighted by atomic mass is 10.3. The van der Waals surface area contributed by atoms with Crippen LogP contribution >= 0.6 is 0 Å². The smallest absolute Gasteiger partial charge is 0.281 e. The third-order valence-corrected chi connectivity index (χ3v) is 1.93. The van der Waals surface area contributed by atoms with Crippen LogP contribution in [0.25, 0.3) is 0 Å². The van der Waals surface area contributed by atoms with E-state index in [1.807, 2.05) is 0 Å².